The minimum atomic E-state index is -0.875. The smallest absolute Gasteiger partial charge is 0.263 e. The first kappa shape index (κ1) is 16.4. The van der Waals surface area contributed by atoms with Gasteiger partial charge in [0.05, 0.1) is 5.41 Å². The standard InChI is InChI=1S/C19H30BrNO2/c1-17-10-4-3-5-13(17)6-7-14-15(17)8-11-18(2)16(14)9-12-19(18,20)21(22)23/h13-16H,3-12H2,1-2H3/t13-,14?,15?,16?,17?,18?,19+/m1/s1. The Hall–Kier alpha value is -0.120. The summed E-state index contributed by atoms with van der Waals surface area (Å²) in [6.45, 7) is 4.79. The van der Waals surface area contributed by atoms with Crippen LogP contribution in [0.25, 0.3) is 0 Å². The summed E-state index contributed by atoms with van der Waals surface area (Å²) in [5, 5.41) is 11.8. The van der Waals surface area contributed by atoms with Crippen molar-refractivity contribution in [3.63, 3.8) is 0 Å². The Morgan fingerprint density at radius 1 is 0.957 bits per heavy atom. The molecular weight excluding hydrogens is 354 g/mol. The third-order valence-corrected chi connectivity index (χ3v) is 10.5. The average Bonchev–Trinajstić information content (AvgIpc) is 2.80. The van der Waals surface area contributed by atoms with Crippen molar-refractivity contribution >= 4 is 15.9 Å². The third kappa shape index (κ3) is 1.99. The fourth-order valence-corrected chi connectivity index (χ4v) is 8.28. The lowest BCUT2D eigenvalue weighted by molar-refractivity contribution is -0.554. The Morgan fingerprint density at radius 2 is 1.70 bits per heavy atom. The van der Waals surface area contributed by atoms with Crippen LogP contribution in [0.5, 0.6) is 0 Å². The second-order valence-electron chi connectivity index (χ2n) is 9.41. The molecule has 5 unspecified atom stereocenters. The molecule has 4 rings (SSSR count). The molecule has 0 spiro atoms. The number of hydrogen-bond donors (Lipinski definition) is 0. The maximum Gasteiger partial charge on any atom is 0.280 e. The Balaban J connectivity index is 1.67. The highest BCUT2D eigenvalue weighted by Crippen LogP contribution is 2.69. The van der Waals surface area contributed by atoms with Gasteiger partial charge in [-0.05, 0) is 74.0 Å². The van der Waals surface area contributed by atoms with E-state index in [-0.39, 0.29) is 10.3 Å². The molecule has 23 heavy (non-hydrogen) atoms. The van der Waals surface area contributed by atoms with Crippen molar-refractivity contribution < 1.29 is 4.92 Å². The number of nitro groups is 1. The average molecular weight is 384 g/mol. The number of fused-ring (bicyclic) bond motifs is 5. The summed E-state index contributed by atoms with van der Waals surface area (Å²) in [6, 6.07) is 0. The fraction of sp³-hybridized carbons (Fsp3) is 1.00. The lowest BCUT2D eigenvalue weighted by atomic mass is 9.45. The van der Waals surface area contributed by atoms with E-state index in [1.54, 1.807) is 0 Å². The van der Waals surface area contributed by atoms with E-state index >= 15 is 0 Å². The van der Waals surface area contributed by atoms with Crippen LogP contribution in [0.4, 0.5) is 0 Å². The van der Waals surface area contributed by atoms with E-state index in [2.05, 4.69) is 29.8 Å². The Bertz CT molecular complexity index is 525. The summed E-state index contributed by atoms with van der Waals surface area (Å²) in [5.41, 5.74) is 0.365. The molecule has 0 saturated heterocycles. The van der Waals surface area contributed by atoms with Gasteiger partial charge >= 0.3 is 0 Å². The van der Waals surface area contributed by atoms with E-state index in [1.165, 1.54) is 44.9 Å². The minimum Gasteiger partial charge on any atom is -0.263 e. The SMILES string of the molecule is CC12CCCC[C@@H]1CCC1C2CCC2(C)C1CC[C@]2(Br)[N+](=O)[O-]. The highest BCUT2D eigenvalue weighted by Gasteiger charge is 2.69. The number of rotatable bonds is 1. The summed E-state index contributed by atoms with van der Waals surface area (Å²) in [5.74, 6) is 3.02. The zero-order valence-electron chi connectivity index (χ0n) is 14.5. The van der Waals surface area contributed by atoms with Crippen LogP contribution in [-0.2, 0) is 0 Å². The van der Waals surface area contributed by atoms with E-state index in [4.69, 9.17) is 0 Å². The largest absolute Gasteiger partial charge is 0.280 e. The highest BCUT2D eigenvalue weighted by molar-refractivity contribution is 9.10. The van der Waals surface area contributed by atoms with Crippen molar-refractivity contribution in [3.8, 4) is 0 Å². The van der Waals surface area contributed by atoms with Crippen molar-refractivity contribution in [1.29, 1.82) is 0 Å². The second-order valence-corrected chi connectivity index (χ2v) is 10.7. The molecule has 4 heteroatoms. The van der Waals surface area contributed by atoms with Crippen LogP contribution in [0.2, 0.25) is 0 Å². The normalized spacial score (nSPS) is 55.6. The van der Waals surface area contributed by atoms with Gasteiger partial charge in [0.1, 0.15) is 0 Å². The second kappa shape index (κ2) is 5.19. The van der Waals surface area contributed by atoms with Gasteiger partial charge in [0.15, 0.2) is 0 Å². The Kier molecular flexibility index (Phi) is 3.69. The quantitative estimate of drug-likeness (QED) is 0.249. The Labute approximate surface area is 148 Å². The van der Waals surface area contributed by atoms with Gasteiger partial charge in [-0.1, -0.05) is 26.7 Å². The number of alkyl halides is 1. The minimum absolute atomic E-state index is 0.0126. The van der Waals surface area contributed by atoms with E-state index in [9.17, 15) is 10.1 Å². The van der Waals surface area contributed by atoms with Crippen molar-refractivity contribution in [2.75, 3.05) is 0 Å². The highest BCUT2D eigenvalue weighted by atomic mass is 79.9. The summed E-state index contributed by atoms with van der Waals surface area (Å²) in [6.07, 6.45) is 12.4. The summed E-state index contributed by atoms with van der Waals surface area (Å²) >= 11 is 3.61. The van der Waals surface area contributed by atoms with Crippen LogP contribution in [-0.4, -0.2) is 9.37 Å². The molecule has 0 bridgehead atoms. The predicted octanol–water partition coefficient (Wildman–Crippen LogP) is 5.79. The molecule has 0 aromatic heterocycles. The maximum atomic E-state index is 11.8. The van der Waals surface area contributed by atoms with E-state index in [0.29, 0.717) is 17.8 Å². The molecule has 0 amide bonds. The lowest BCUT2D eigenvalue weighted by Gasteiger charge is -2.60. The van der Waals surface area contributed by atoms with Gasteiger partial charge in [0, 0.05) is 27.3 Å². The van der Waals surface area contributed by atoms with Gasteiger partial charge in [-0.15, -0.1) is 0 Å². The molecule has 0 aromatic carbocycles. The molecule has 0 aromatic rings. The molecule has 7 atom stereocenters. The van der Waals surface area contributed by atoms with Gasteiger partial charge in [0.25, 0.3) is 4.45 Å². The molecule has 0 heterocycles. The summed E-state index contributed by atoms with van der Waals surface area (Å²) < 4.78 is -0.875. The molecule has 3 nitrogen and oxygen atoms in total. The number of nitrogens with zero attached hydrogens (tertiary/aromatic N) is 1. The van der Waals surface area contributed by atoms with Crippen LogP contribution in [0.15, 0.2) is 0 Å². The summed E-state index contributed by atoms with van der Waals surface area (Å²) in [7, 11) is 0. The first-order chi connectivity index (χ1) is 10.8. The Morgan fingerprint density at radius 3 is 2.43 bits per heavy atom. The first-order valence-electron chi connectivity index (χ1n) is 9.66. The summed E-state index contributed by atoms with van der Waals surface area (Å²) in [4.78, 5) is 11.8. The van der Waals surface area contributed by atoms with Crippen molar-refractivity contribution in [2.45, 2.75) is 82.5 Å². The van der Waals surface area contributed by atoms with E-state index < -0.39 is 4.45 Å². The first-order valence-corrected chi connectivity index (χ1v) is 10.5. The molecule has 130 valence electrons. The molecule has 0 N–H and O–H groups in total. The third-order valence-electron chi connectivity index (χ3n) is 8.92. The van der Waals surface area contributed by atoms with Crippen molar-refractivity contribution in [1.82, 2.24) is 0 Å². The predicted molar refractivity (Wildman–Crippen MR) is 95.0 cm³/mol. The molecule has 4 aliphatic carbocycles. The maximum absolute atomic E-state index is 11.8. The number of halogens is 1. The van der Waals surface area contributed by atoms with Gasteiger partial charge in [-0.3, -0.25) is 10.1 Å². The monoisotopic (exact) mass is 383 g/mol. The molecular formula is C19H30BrNO2. The van der Waals surface area contributed by atoms with Crippen molar-refractivity contribution in [3.05, 3.63) is 10.1 Å². The zero-order chi connectivity index (χ0) is 16.5. The topological polar surface area (TPSA) is 43.1 Å². The fourth-order valence-electron chi connectivity index (χ4n) is 7.56. The molecule has 4 saturated carbocycles. The lowest BCUT2D eigenvalue weighted by Crippen LogP contribution is -2.56. The van der Waals surface area contributed by atoms with E-state index in [1.807, 2.05) is 0 Å². The van der Waals surface area contributed by atoms with Crippen LogP contribution in [0, 0.1) is 44.6 Å². The number of hydrogen-bond acceptors (Lipinski definition) is 2. The molecule has 0 radical (unpaired) electrons. The van der Waals surface area contributed by atoms with Gasteiger partial charge in [0.2, 0.25) is 0 Å². The molecule has 0 aliphatic heterocycles. The van der Waals surface area contributed by atoms with Gasteiger partial charge < -0.3 is 0 Å². The molecule has 4 aliphatic rings. The van der Waals surface area contributed by atoms with Crippen LogP contribution < -0.4 is 0 Å². The van der Waals surface area contributed by atoms with Crippen LogP contribution in [0.1, 0.15) is 78.1 Å². The van der Waals surface area contributed by atoms with Crippen LogP contribution in [0.3, 0.4) is 0 Å². The van der Waals surface area contributed by atoms with Gasteiger partial charge in [-0.25, -0.2) is 0 Å². The van der Waals surface area contributed by atoms with Crippen LogP contribution >= 0.6 is 15.9 Å². The molecule has 4 fully saturated rings. The van der Waals surface area contributed by atoms with E-state index in [0.717, 1.165) is 30.6 Å². The zero-order valence-corrected chi connectivity index (χ0v) is 16.1. The van der Waals surface area contributed by atoms with Crippen molar-refractivity contribution in [2.24, 2.45) is 34.5 Å². The van der Waals surface area contributed by atoms with Gasteiger partial charge in [-0.2, -0.15) is 0 Å².